The van der Waals surface area contributed by atoms with E-state index in [2.05, 4.69) is 5.32 Å². The zero-order valence-electron chi connectivity index (χ0n) is 10.9. The first-order valence-electron chi connectivity index (χ1n) is 6.16. The molecule has 1 N–H and O–H groups in total. The summed E-state index contributed by atoms with van der Waals surface area (Å²) < 4.78 is 36.0. The molecule has 0 fully saturated rings. The number of hydrogen-bond donors (Lipinski definition) is 1. The summed E-state index contributed by atoms with van der Waals surface area (Å²) >= 11 is 0. The van der Waals surface area contributed by atoms with E-state index in [0.717, 1.165) is 17.3 Å². The number of nitrogens with one attached hydrogen (secondary N) is 1. The first kappa shape index (κ1) is 14.8. The van der Waals surface area contributed by atoms with Crippen LogP contribution in [0, 0.1) is 0 Å². The van der Waals surface area contributed by atoms with Gasteiger partial charge in [-0.2, -0.15) is 13.2 Å². The summed E-state index contributed by atoms with van der Waals surface area (Å²) in [5.41, 5.74) is 2.64. The molecule has 0 saturated heterocycles. The van der Waals surface area contributed by atoms with E-state index in [1.165, 1.54) is 0 Å². The van der Waals surface area contributed by atoms with Crippen LogP contribution in [0.1, 0.15) is 0 Å². The Morgan fingerprint density at radius 2 is 1.48 bits per heavy atom. The van der Waals surface area contributed by atoms with Crippen molar-refractivity contribution < 1.29 is 18.0 Å². The molecular formula is C16H12F3NO. The summed E-state index contributed by atoms with van der Waals surface area (Å²) in [7, 11) is 0. The molecule has 21 heavy (non-hydrogen) atoms. The van der Waals surface area contributed by atoms with Crippen LogP contribution in [0.5, 0.6) is 0 Å². The van der Waals surface area contributed by atoms with Crippen molar-refractivity contribution in [1.82, 2.24) is 0 Å². The Morgan fingerprint density at radius 1 is 0.905 bits per heavy atom. The predicted octanol–water partition coefficient (Wildman–Crippen LogP) is 4.41. The van der Waals surface area contributed by atoms with Crippen molar-refractivity contribution in [3.05, 3.63) is 66.9 Å². The van der Waals surface area contributed by atoms with Crippen LogP contribution in [-0.2, 0) is 4.79 Å². The number of allylic oxidation sites excluding steroid dienone is 1. The maximum atomic E-state index is 12.0. The van der Waals surface area contributed by atoms with Crippen LogP contribution in [-0.4, -0.2) is 12.0 Å². The van der Waals surface area contributed by atoms with Gasteiger partial charge in [-0.3, -0.25) is 4.79 Å². The summed E-state index contributed by atoms with van der Waals surface area (Å²) in [5.74, 6) is -1.89. The van der Waals surface area contributed by atoms with E-state index in [9.17, 15) is 18.0 Å². The SMILES string of the molecule is O=C(C=CNc1ccc(-c2ccccc2)cc1)C(F)(F)F. The van der Waals surface area contributed by atoms with Gasteiger partial charge in [0.2, 0.25) is 0 Å². The highest BCUT2D eigenvalue weighted by atomic mass is 19.4. The first-order chi connectivity index (χ1) is 9.97. The summed E-state index contributed by atoms with van der Waals surface area (Å²) in [6.45, 7) is 0. The van der Waals surface area contributed by atoms with E-state index < -0.39 is 12.0 Å². The molecule has 5 heteroatoms. The lowest BCUT2D eigenvalue weighted by Gasteiger charge is -2.04. The Morgan fingerprint density at radius 3 is 2.05 bits per heavy atom. The van der Waals surface area contributed by atoms with Gasteiger partial charge in [-0.05, 0) is 23.3 Å². The minimum Gasteiger partial charge on any atom is -0.362 e. The van der Waals surface area contributed by atoms with Crippen LogP contribution in [0.25, 0.3) is 11.1 Å². The number of benzene rings is 2. The highest BCUT2D eigenvalue weighted by Crippen LogP contribution is 2.21. The number of carbonyl (C=O) groups is 1. The normalized spacial score (nSPS) is 11.6. The fraction of sp³-hybridized carbons (Fsp3) is 0.0625. The van der Waals surface area contributed by atoms with Crippen molar-refractivity contribution in [2.75, 3.05) is 5.32 Å². The Bertz CT molecular complexity index is 631. The van der Waals surface area contributed by atoms with Crippen molar-refractivity contribution in [1.29, 1.82) is 0 Å². The third-order valence-corrected chi connectivity index (χ3v) is 2.76. The lowest BCUT2D eigenvalue weighted by Crippen LogP contribution is -2.20. The van der Waals surface area contributed by atoms with Gasteiger partial charge in [0.25, 0.3) is 5.78 Å². The monoisotopic (exact) mass is 291 g/mol. The first-order valence-corrected chi connectivity index (χ1v) is 6.16. The van der Waals surface area contributed by atoms with E-state index in [1.807, 2.05) is 42.5 Å². The molecule has 2 aromatic carbocycles. The van der Waals surface area contributed by atoms with E-state index in [-0.39, 0.29) is 0 Å². The highest BCUT2D eigenvalue weighted by Gasteiger charge is 2.35. The molecule has 0 aromatic heterocycles. The van der Waals surface area contributed by atoms with Crippen molar-refractivity contribution in [3.63, 3.8) is 0 Å². The second-order valence-electron chi connectivity index (χ2n) is 4.28. The maximum Gasteiger partial charge on any atom is 0.454 e. The smallest absolute Gasteiger partial charge is 0.362 e. The summed E-state index contributed by atoms with van der Waals surface area (Å²) in [6.07, 6.45) is -3.40. The lowest BCUT2D eigenvalue weighted by molar-refractivity contribution is -0.165. The van der Waals surface area contributed by atoms with Gasteiger partial charge in [-0.25, -0.2) is 0 Å². The van der Waals surface area contributed by atoms with Gasteiger partial charge in [0.05, 0.1) is 0 Å². The van der Waals surface area contributed by atoms with Crippen LogP contribution in [0.2, 0.25) is 0 Å². The zero-order chi connectivity index (χ0) is 15.3. The van der Waals surface area contributed by atoms with Gasteiger partial charge in [-0.15, -0.1) is 0 Å². The van der Waals surface area contributed by atoms with Crippen LogP contribution in [0.4, 0.5) is 18.9 Å². The fourth-order valence-electron chi connectivity index (χ4n) is 1.70. The molecule has 0 aliphatic rings. The molecule has 0 unspecified atom stereocenters. The second-order valence-corrected chi connectivity index (χ2v) is 4.28. The van der Waals surface area contributed by atoms with Crippen molar-refractivity contribution >= 4 is 11.5 Å². The number of rotatable bonds is 4. The Kier molecular flexibility index (Phi) is 4.42. The van der Waals surface area contributed by atoms with E-state index in [4.69, 9.17) is 0 Å². The predicted molar refractivity (Wildman–Crippen MR) is 75.7 cm³/mol. The molecule has 0 aliphatic heterocycles. The average Bonchev–Trinajstić information content (AvgIpc) is 2.48. The van der Waals surface area contributed by atoms with Gasteiger partial charge in [0.1, 0.15) is 0 Å². The zero-order valence-corrected chi connectivity index (χ0v) is 10.9. The minimum absolute atomic E-state index is 0.463. The lowest BCUT2D eigenvalue weighted by atomic mass is 10.1. The molecule has 0 bridgehead atoms. The molecule has 0 amide bonds. The van der Waals surface area contributed by atoms with E-state index >= 15 is 0 Å². The molecule has 0 atom stereocenters. The Hall–Kier alpha value is -2.56. The maximum absolute atomic E-state index is 12.0. The largest absolute Gasteiger partial charge is 0.454 e. The van der Waals surface area contributed by atoms with E-state index in [1.54, 1.807) is 12.1 Å². The number of halogens is 3. The summed E-state index contributed by atoms with van der Waals surface area (Å²) in [5, 5.41) is 2.62. The second kappa shape index (κ2) is 6.26. The number of carbonyl (C=O) groups excluding carboxylic acids is 1. The summed E-state index contributed by atoms with van der Waals surface area (Å²) in [6, 6.07) is 16.8. The van der Waals surface area contributed by atoms with Crippen LogP contribution in [0.3, 0.4) is 0 Å². The van der Waals surface area contributed by atoms with Crippen LogP contribution in [0.15, 0.2) is 66.9 Å². The Labute approximate surface area is 119 Å². The van der Waals surface area contributed by atoms with Gasteiger partial charge in [0.15, 0.2) is 0 Å². The number of ketones is 1. The third-order valence-electron chi connectivity index (χ3n) is 2.76. The molecule has 0 saturated carbocycles. The van der Waals surface area contributed by atoms with Crippen LogP contribution >= 0.6 is 0 Å². The minimum atomic E-state index is -4.84. The van der Waals surface area contributed by atoms with E-state index in [0.29, 0.717) is 11.8 Å². The van der Waals surface area contributed by atoms with Gasteiger partial charge in [0, 0.05) is 18.0 Å². The molecule has 0 aliphatic carbocycles. The molecule has 108 valence electrons. The number of anilines is 1. The molecule has 0 heterocycles. The van der Waals surface area contributed by atoms with Crippen molar-refractivity contribution in [2.24, 2.45) is 0 Å². The van der Waals surface area contributed by atoms with Crippen molar-refractivity contribution in [3.8, 4) is 11.1 Å². The molecule has 2 rings (SSSR count). The average molecular weight is 291 g/mol. The molecule has 2 aromatic rings. The third kappa shape index (κ3) is 4.21. The quantitative estimate of drug-likeness (QED) is 0.845. The molecular weight excluding hydrogens is 279 g/mol. The topological polar surface area (TPSA) is 29.1 Å². The van der Waals surface area contributed by atoms with Gasteiger partial charge >= 0.3 is 6.18 Å². The fourth-order valence-corrected chi connectivity index (χ4v) is 1.70. The molecule has 0 radical (unpaired) electrons. The van der Waals surface area contributed by atoms with Crippen molar-refractivity contribution in [2.45, 2.75) is 6.18 Å². The highest BCUT2D eigenvalue weighted by molar-refractivity contribution is 5.94. The molecule has 0 spiro atoms. The number of alkyl halides is 3. The van der Waals surface area contributed by atoms with Gasteiger partial charge < -0.3 is 5.32 Å². The number of hydrogen-bond acceptors (Lipinski definition) is 2. The molecule has 2 nitrogen and oxygen atoms in total. The standard InChI is InChI=1S/C16H12F3NO/c17-16(18,19)15(21)10-11-20-14-8-6-13(7-9-14)12-4-2-1-3-5-12/h1-11,20H. The van der Waals surface area contributed by atoms with Crippen LogP contribution < -0.4 is 5.32 Å². The summed E-state index contributed by atoms with van der Waals surface area (Å²) in [4.78, 5) is 10.6. The Balaban J connectivity index is 2.01. The van der Waals surface area contributed by atoms with Gasteiger partial charge in [-0.1, -0.05) is 42.5 Å².